The Balaban J connectivity index is 1.55. The lowest BCUT2D eigenvalue weighted by molar-refractivity contribution is -0.126. The van der Waals surface area contributed by atoms with E-state index in [0.717, 1.165) is 10.9 Å². The van der Waals surface area contributed by atoms with E-state index in [9.17, 15) is 13.2 Å². The van der Waals surface area contributed by atoms with Crippen molar-refractivity contribution in [1.29, 1.82) is 0 Å². The summed E-state index contributed by atoms with van der Waals surface area (Å²) in [6.45, 7) is 1.34. The molecule has 24 heavy (non-hydrogen) atoms. The monoisotopic (exact) mass is 346 g/mol. The van der Waals surface area contributed by atoms with Crippen LogP contribution in [0.4, 0.5) is 0 Å². The molecule has 2 aromatic carbocycles. The van der Waals surface area contributed by atoms with Gasteiger partial charge in [-0.15, -0.1) is 0 Å². The second-order valence-electron chi connectivity index (χ2n) is 6.34. The van der Waals surface area contributed by atoms with Gasteiger partial charge in [0, 0.05) is 25.6 Å². The maximum Gasteiger partial charge on any atom is 0.223 e. The second-order valence-corrected chi connectivity index (χ2v) is 8.32. The standard InChI is InChI=1S/C18H22N2O3S/c1-24(22,23)20-10-8-16(9-11-20)18(21)19-13-14-6-7-15-4-2-3-5-17(15)12-14/h2-7,12,16H,8-11,13H2,1H3,(H,19,21). The van der Waals surface area contributed by atoms with Crippen molar-refractivity contribution < 1.29 is 13.2 Å². The molecule has 1 saturated heterocycles. The van der Waals surface area contributed by atoms with Gasteiger partial charge in [-0.05, 0) is 35.2 Å². The number of hydrogen-bond donors (Lipinski definition) is 1. The van der Waals surface area contributed by atoms with Gasteiger partial charge in [0.15, 0.2) is 0 Å². The zero-order valence-electron chi connectivity index (χ0n) is 13.7. The third-order valence-corrected chi connectivity index (χ3v) is 5.88. The lowest BCUT2D eigenvalue weighted by Gasteiger charge is -2.29. The molecule has 1 fully saturated rings. The van der Waals surface area contributed by atoms with Crippen LogP contribution in [-0.2, 0) is 21.4 Å². The SMILES string of the molecule is CS(=O)(=O)N1CCC(C(=O)NCc2ccc3ccccc3c2)CC1. The first-order chi connectivity index (χ1) is 11.4. The molecular weight excluding hydrogens is 324 g/mol. The molecule has 3 rings (SSSR count). The van der Waals surface area contributed by atoms with E-state index in [2.05, 4.69) is 29.6 Å². The fraction of sp³-hybridized carbons (Fsp3) is 0.389. The van der Waals surface area contributed by atoms with Gasteiger partial charge in [-0.3, -0.25) is 4.79 Å². The lowest BCUT2D eigenvalue weighted by atomic mass is 9.97. The summed E-state index contributed by atoms with van der Waals surface area (Å²) in [5, 5.41) is 5.32. The molecule has 128 valence electrons. The Bertz CT molecular complexity index is 840. The summed E-state index contributed by atoms with van der Waals surface area (Å²) in [4.78, 5) is 12.3. The maximum atomic E-state index is 12.3. The Morgan fingerprint density at radius 3 is 2.46 bits per heavy atom. The molecule has 1 heterocycles. The number of fused-ring (bicyclic) bond motifs is 1. The van der Waals surface area contributed by atoms with Gasteiger partial charge < -0.3 is 5.32 Å². The van der Waals surface area contributed by atoms with Crippen LogP contribution >= 0.6 is 0 Å². The predicted octanol–water partition coefficient (Wildman–Crippen LogP) is 2.13. The highest BCUT2D eigenvalue weighted by molar-refractivity contribution is 7.88. The summed E-state index contributed by atoms with van der Waals surface area (Å²) in [6, 6.07) is 14.3. The van der Waals surface area contributed by atoms with Gasteiger partial charge in [-0.25, -0.2) is 12.7 Å². The molecule has 0 spiro atoms. The molecule has 0 aliphatic carbocycles. The Labute approximate surface area is 142 Å². The number of carbonyl (C=O) groups is 1. The highest BCUT2D eigenvalue weighted by Gasteiger charge is 2.28. The number of benzene rings is 2. The number of hydrogen-bond acceptors (Lipinski definition) is 3. The van der Waals surface area contributed by atoms with E-state index in [1.807, 2.05) is 18.2 Å². The molecule has 1 N–H and O–H groups in total. The van der Waals surface area contributed by atoms with Gasteiger partial charge >= 0.3 is 0 Å². The topological polar surface area (TPSA) is 66.5 Å². The van der Waals surface area contributed by atoms with Crippen LogP contribution in [0.25, 0.3) is 10.8 Å². The summed E-state index contributed by atoms with van der Waals surface area (Å²) < 4.78 is 24.5. The van der Waals surface area contributed by atoms with E-state index in [1.54, 1.807) is 0 Å². The van der Waals surface area contributed by atoms with Crippen LogP contribution in [-0.4, -0.2) is 38.0 Å². The first-order valence-corrected chi connectivity index (χ1v) is 9.99. The fourth-order valence-electron chi connectivity index (χ4n) is 3.13. The van der Waals surface area contributed by atoms with Crippen LogP contribution < -0.4 is 5.32 Å². The molecule has 0 unspecified atom stereocenters. The summed E-state index contributed by atoms with van der Waals surface area (Å²) in [5.74, 6) is -0.0974. The summed E-state index contributed by atoms with van der Waals surface area (Å²) in [6.07, 6.45) is 2.38. The molecule has 6 heteroatoms. The van der Waals surface area contributed by atoms with Crippen molar-refractivity contribution in [2.24, 2.45) is 5.92 Å². The van der Waals surface area contributed by atoms with Crippen LogP contribution in [0, 0.1) is 5.92 Å². The Morgan fingerprint density at radius 1 is 1.12 bits per heavy atom. The van der Waals surface area contributed by atoms with Crippen LogP contribution in [0.15, 0.2) is 42.5 Å². The number of amides is 1. The van der Waals surface area contributed by atoms with Crippen molar-refractivity contribution in [1.82, 2.24) is 9.62 Å². The van der Waals surface area contributed by atoms with Crippen molar-refractivity contribution >= 4 is 26.7 Å². The zero-order chi connectivity index (χ0) is 17.2. The fourth-order valence-corrected chi connectivity index (χ4v) is 4.01. The van der Waals surface area contributed by atoms with Crippen LogP contribution in [0.1, 0.15) is 18.4 Å². The van der Waals surface area contributed by atoms with E-state index in [1.165, 1.54) is 15.9 Å². The van der Waals surface area contributed by atoms with E-state index < -0.39 is 10.0 Å². The summed E-state index contributed by atoms with van der Waals surface area (Å²) in [5.41, 5.74) is 1.07. The number of piperidine rings is 1. The highest BCUT2D eigenvalue weighted by Crippen LogP contribution is 2.20. The summed E-state index contributed by atoms with van der Waals surface area (Å²) >= 11 is 0. The third-order valence-electron chi connectivity index (χ3n) is 4.57. The predicted molar refractivity (Wildman–Crippen MR) is 94.9 cm³/mol. The van der Waals surface area contributed by atoms with Crippen molar-refractivity contribution in [3.63, 3.8) is 0 Å². The van der Waals surface area contributed by atoms with Gasteiger partial charge in [0.1, 0.15) is 0 Å². The van der Waals surface area contributed by atoms with Crippen LogP contribution in [0.5, 0.6) is 0 Å². The van der Waals surface area contributed by atoms with Gasteiger partial charge in [-0.2, -0.15) is 0 Å². The zero-order valence-corrected chi connectivity index (χ0v) is 14.6. The number of sulfonamides is 1. The molecule has 0 bridgehead atoms. The molecule has 0 aromatic heterocycles. The molecule has 1 amide bonds. The molecule has 1 aliphatic heterocycles. The molecular formula is C18H22N2O3S. The first-order valence-electron chi connectivity index (χ1n) is 8.14. The molecule has 5 nitrogen and oxygen atoms in total. The van der Waals surface area contributed by atoms with E-state index >= 15 is 0 Å². The maximum absolute atomic E-state index is 12.3. The van der Waals surface area contributed by atoms with E-state index in [4.69, 9.17) is 0 Å². The minimum atomic E-state index is -3.15. The Morgan fingerprint density at radius 2 is 1.79 bits per heavy atom. The van der Waals surface area contributed by atoms with Crippen molar-refractivity contribution in [2.75, 3.05) is 19.3 Å². The largest absolute Gasteiger partial charge is 0.352 e. The van der Waals surface area contributed by atoms with Gasteiger partial charge in [0.2, 0.25) is 15.9 Å². The van der Waals surface area contributed by atoms with Gasteiger partial charge in [0.25, 0.3) is 0 Å². The number of nitrogens with zero attached hydrogens (tertiary/aromatic N) is 1. The normalized spacial score (nSPS) is 17.0. The number of nitrogens with one attached hydrogen (secondary N) is 1. The quantitative estimate of drug-likeness (QED) is 0.922. The first kappa shape index (κ1) is 16.9. The van der Waals surface area contributed by atoms with Crippen LogP contribution in [0.3, 0.4) is 0 Å². The Kier molecular flexibility index (Phi) is 4.87. The number of carbonyl (C=O) groups excluding carboxylic acids is 1. The smallest absolute Gasteiger partial charge is 0.223 e. The molecule has 0 radical (unpaired) electrons. The minimum Gasteiger partial charge on any atom is -0.352 e. The van der Waals surface area contributed by atoms with Gasteiger partial charge in [0.05, 0.1) is 6.26 Å². The molecule has 2 aromatic rings. The molecule has 1 aliphatic rings. The Hall–Kier alpha value is -1.92. The average Bonchev–Trinajstić information content (AvgIpc) is 2.59. The van der Waals surface area contributed by atoms with Gasteiger partial charge in [-0.1, -0.05) is 36.4 Å². The lowest BCUT2D eigenvalue weighted by Crippen LogP contribution is -2.42. The average molecular weight is 346 g/mol. The molecule has 0 saturated carbocycles. The van der Waals surface area contributed by atoms with Crippen molar-refractivity contribution in [3.8, 4) is 0 Å². The second kappa shape index (κ2) is 6.91. The van der Waals surface area contributed by atoms with Crippen LogP contribution in [0.2, 0.25) is 0 Å². The van der Waals surface area contributed by atoms with Crippen molar-refractivity contribution in [2.45, 2.75) is 19.4 Å². The third kappa shape index (κ3) is 3.94. The van der Waals surface area contributed by atoms with E-state index in [-0.39, 0.29) is 11.8 Å². The molecule has 0 atom stereocenters. The highest BCUT2D eigenvalue weighted by atomic mass is 32.2. The summed E-state index contributed by atoms with van der Waals surface area (Å²) in [7, 11) is -3.15. The number of rotatable bonds is 4. The van der Waals surface area contributed by atoms with Crippen molar-refractivity contribution in [3.05, 3.63) is 48.0 Å². The minimum absolute atomic E-state index is 0.0105. The van der Waals surface area contributed by atoms with E-state index in [0.29, 0.717) is 32.5 Å².